The van der Waals surface area contributed by atoms with E-state index in [0.29, 0.717) is 0 Å². The Morgan fingerprint density at radius 3 is 2.60 bits per heavy atom. The lowest BCUT2D eigenvalue weighted by atomic mass is 9.88. The van der Waals surface area contributed by atoms with E-state index in [-0.39, 0.29) is 6.04 Å². The summed E-state index contributed by atoms with van der Waals surface area (Å²) in [4.78, 5) is 0. The summed E-state index contributed by atoms with van der Waals surface area (Å²) in [5, 5.41) is 0. The van der Waals surface area contributed by atoms with Crippen LogP contribution in [0.5, 0.6) is 0 Å². The maximum absolute atomic E-state index is 5.85. The molecule has 1 saturated carbocycles. The van der Waals surface area contributed by atoms with Crippen LogP contribution in [0.25, 0.3) is 0 Å². The number of methoxy groups -OCH3 is 1. The zero-order chi connectivity index (χ0) is 7.61. The Hall–Kier alpha value is -0.120. The summed E-state index contributed by atoms with van der Waals surface area (Å²) in [7, 11) is 1.63. The SMILES string of the molecule is COC1(N)CCCCC1N. The van der Waals surface area contributed by atoms with Crippen LogP contribution in [-0.4, -0.2) is 18.9 Å². The average molecular weight is 144 g/mol. The minimum absolute atomic E-state index is 0.0197. The van der Waals surface area contributed by atoms with E-state index < -0.39 is 5.72 Å². The van der Waals surface area contributed by atoms with Crippen molar-refractivity contribution in [3.8, 4) is 0 Å². The number of rotatable bonds is 1. The predicted molar refractivity (Wildman–Crippen MR) is 40.4 cm³/mol. The summed E-state index contributed by atoms with van der Waals surface area (Å²) in [6, 6.07) is 0.0197. The molecule has 1 aliphatic rings. The van der Waals surface area contributed by atoms with Gasteiger partial charge < -0.3 is 16.2 Å². The highest BCUT2D eigenvalue weighted by atomic mass is 16.5. The van der Waals surface area contributed by atoms with E-state index in [0.717, 1.165) is 19.3 Å². The van der Waals surface area contributed by atoms with Gasteiger partial charge in [0.25, 0.3) is 0 Å². The zero-order valence-corrected chi connectivity index (χ0v) is 6.47. The van der Waals surface area contributed by atoms with Gasteiger partial charge in [0.2, 0.25) is 0 Å². The summed E-state index contributed by atoms with van der Waals surface area (Å²) >= 11 is 0. The van der Waals surface area contributed by atoms with Crippen molar-refractivity contribution in [3.05, 3.63) is 0 Å². The van der Waals surface area contributed by atoms with E-state index in [1.165, 1.54) is 6.42 Å². The Morgan fingerprint density at radius 2 is 2.20 bits per heavy atom. The lowest BCUT2D eigenvalue weighted by Crippen LogP contribution is -2.58. The van der Waals surface area contributed by atoms with E-state index in [1.807, 2.05) is 0 Å². The third-order valence-corrected chi connectivity index (χ3v) is 2.34. The molecule has 1 aliphatic carbocycles. The Bertz CT molecular complexity index is 118. The zero-order valence-electron chi connectivity index (χ0n) is 6.47. The van der Waals surface area contributed by atoms with Crippen molar-refractivity contribution in [3.63, 3.8) is 0 Å². The highest BCUT2D eigenvalue weighted by molar-refractivity contribution is 4.88. The van der Waals surface area contributed by atoms with Gasteiger partial charge >= 0.3 is 0 Å². The average Bonchev–Trinajstić information content (AvgIpc) is 1.96. The van der Waals surface area contributed by atoms with Gasteiger partial charge in [0, 0.05) is 13.2 Å². The first-order valence-electron chi connectivity index (χ1n) is 3.78. The topological polar surface area (TPSA) is 61.3 Å². The highest BCUT2D eigenvalue weighted by Crippen LogP contribution is 2.25. The van der Waals surface area contributed by atoms with E-state index in [9.17, 15) is 0 Å². The van der Waals surface area contributed by atoms with Crippen molar-refractivity contribution < 1.29 is 4.74 Å². The molecule has 0 spiro atoms. The fourth-order valence-electron chi connectivity index (χ4n) is 1.45. The standard InChI is InChI=1S/C7H16N2O/c1-10-7(9)5-3-2-4-6(7)8/h6H,2-5,8-9H2,1H3. The summed E-state index contributed by atoms with van der Waals surface area (Å²) in [6.45, 7) is 0. The lowest BCUT2D eigenvalue weighted by molar-refractivity contribution is -0.0488. The van der Waals surface area contributed by atoms with Crippen molar-refractivity contribution >= 4 is 0 Å². The molecule has 4 N–H and O–H groups in total. The van der Waals surface area contributed by atoms with Crippen molar-refractivity contribution in [1.29, 1.82) is 0 Å². The molecule has 0 aromatic rings. The molecule has 3 heteroatoms. The monoisotopic (exact) mass is 144 g/mol. The second kappa shape index (κ2) is 2.86. The first kappa shape index (κ1) is 7.98. The predicted octanol–water partition coefficient (Wildman–Crippen LogP) is 0.189. The molecule has 0 heterocycles. The van der Waals surface area contributed by atoms with Gasteiger partial charge in [0.15, 0.2) is 0 Å². The number of hydrogen-bond acceptors (Lipinski definition) is 3. The van der Waals surface area contributed by atoms with Crippen LogP contribution in [-0.2, 0) is 4.74 Å². The first-order valence-corrected chi connectivity index (χ1v) is 3.78. The van der Waals surface area contributed by atoms with Crippen LogP contribution in [0.4, 0.5) is 0 Å². The van der Waals surface area contributed by atoms with Crippen LogP contribution >= 0.6 is 0 Å². The molecule has 0 radical (unpaired) electrons. The van der Waals surface area contributed by atoms with E-state index in [1.54, 1.807) is 7.11 Å². The molecule has 0 amide bonds. The summed E-state index contributed by atoms with van der Waals surface area (Å²) < 4.78 is 5.14. The third-order valence-electron chi connectivity index (χ3n) is 2.34. The molecule has 0 aromatic carbocycles. The minimum Gasteiger partial charge on any atom is -0.362 e. The molecule has 60 valence electrons. The van der Waals surface area contributed by atoms with E-state index >= 15 is 0 Å². The smallest absolute Gasteiger partial charge is 0.131 e. The van der Waals surface area contributed by atoms with Gasteiger partial charge in [-0.1, -0.05) is 6.42 Å². The third kappa shape index (κ3) is 1.31. The molecule has 0 aliphatic heterocycles. The maximum Gasteiger partial charge on any atom is 0.131 e. The van der Waals surface area contributed by atoms with Gasteiger partial charge in [-0.05, 0) is 19.3 Å². The van der Waals surface area contributed by atoms with Crippen LogP contribution in [0.3, 0.4) is 0 Å². The van der Waals surface area contributed by atoms with E-state index in [2.05, 4.69) is 0 Å². The van der Waals surface area contributed by atoms with Crippen LogP contribution in [0, 0.1) is 0 Å². The van der Waals surface area contributed by atoms with Gasteiger partial charge in [0.1, 0.15) is 5.72 Å². The van der Waals surface area contributed by atoms with Crippen LogP contribution in [0.2, 0.25) is 0 Å². The summed E-state index contributed by atoms with van der Waals surface area (Å²) in [5.41, 5.74) is 11.1. The molecule has 1 rings (SSSR count). The molecule has 2 atom stereocenters. The van der Waals surface area contributed by atoms with Gasteiger partial charge in [-0.3, -0.25) is 0 Å². The molecule has 2 unspecified atom stereocenters. The van der Waals surface area contributed by atoms with Gasteiger partial charge in [-0.15, -0.1) is 0 Å². The van der Waals surface area contributed by atoms with Crippen molar-refractivity contribution in [2.24, 2.45) is 11.5 Å². The Kier molecular flexibility index (Phi) is 2.28. The van der Waals surface area contributed by atoms with Crippen molar-refractivity contribution in [2.45, 2.75) is 37.5 Å². The normalized spacial score (nSPS) is 41.7. The quantitative estimate of drug-likeness (QED) is 0.516. The molecule has 0 bridgehead atoms. The molecule has 0 saturated heterocycles. The first-order chi connectivity index (χ1) is 4.69. The van der Waals surface area contributed by atoms with Crippen molar-refractivity contribution in [1.82, 2.24) is 0 Å². The van der Waals surface area contributed by atoms with Crippen LogP contribution in [0.1, 0.15) is 25.7 Å². The summed E-state index contributed by atoms with van der Waals surface area (Å²) in [5.74, 6) is 0. The van der Waals surface area contributed by atoms with Gasteiger partial charge in [0.05, 0.1) is 0 Å². The molecule has 0 aromatic heterocycles. The summed E-state index contributed by atoms with van der Waals surface area (Å²) in [6.07, 6.45) is 4.20. The fraction of sp³-hybridized carbons (Fsp3) is 1.00. The van der Waals surface area contributed by atoms with E-state index in [4.69, 9.17) is 16.2 Å². The van der Waals surface area contributed by atoms with Crippen LogP contribution in [0.15, 0.2) is 0 Å². The number of ether oxygens (including phenoxy) is 1. The number of hydrogen-bond donors (Lipinski definition) is 2. The lowest BCUT2D eigenvalue weighted by Gasteiger charge is -2.37. The second-order valence-electron chi connectivity index (χ2n) is 3.01. The number of nitrogens with two attached hydrogens (primary N) is 2. The Morgan fingerprint density at radius 1 is 1.50 bits per heavy atom. The van der Waals surface area contributed by atoms with Crippen molar-refractivity contribution in [2.75, 3.05) is 7.11 Å². The highest BCUT2D eigenvalue weighted by Gasteiger charge is 2.34. The fourth-order valence-corrected chi connectivity index (χ4v) is 1.45. The van der Waals surface area contributed by atoms with Gasteiger partial charge in [-0.25, -0.2) is 0 Å². The largest absolute Gasteiger partial charge is 0.362 e. The maximum atomic E-state index is 5.85. The molecule has 10 heavy (non-hydrogen) atoms. The molecular weight excluding hydrogens is 128 g/mol. The second-order valence-corrected chi connectivity index (χ2v) is 3.01. The molecular formula is C7H16N2O. The minimum atomic E-state index is -0.543. The molecule has 3 nitrogen and oxygen atoms in total. The van der Waals surface area contributed by atoms with Gasteiger partial charge in [-0.2, -0.15) is 0 Å². The molecule has 1 fully saturated rings. The van der Waals surface area contributed by atoms with Crippen LogP contribution < -0.4 is 11.5 Å². The Balaban J connectivity index is 2.54. The Labute approximate surface area is 61.7 Å².